The molecule has 8 heteroatoms. The average Bonchev–Trinajstić information content (AvgIpc) is 2.88. The molecule has 2 rings (SSSR count). The highest BCUT2D eigenvalue weighted by atomic mass is 35.5. The summed E-state index contributed by atoms with van der Waals surface area (Å²) in [5, 5.41) is -0.0268. The van der Waals surface area contributed by atoms with Gasteiger partial charge in [-0.15, -0.1) is 0 Å². The van der Waals surface area contributed by atoms with Gasteiger partial charge in [-0.2, -0.15) is 0 Å². The standard InChI is InChI=1S/C11H13ClN4O2S/c12-11-9(3-1-5-15-11)19(17,18)16-6-2-4-10-13-7-8-14-10/h1,3,5,7-8,16H,2,4,6H2,(H,13,14). The van der Waals surface area contributed by atoms with Crippen molar-refractivity contribution in [1.82, 2.24) is 19.7 Å². The fourth-order valence-corrected chi connectivity index (χ4v) is 3.07. The second-order valence-electron chi connectivity index (χ2n) is 3.83. The molecule has 0 bridgehead atoms. The number of pyridine rings is 1. The van der Waals surface area contributed by atoms with Crippen LogP contribution < -0.4 is 4.72 Å². The van der Waals surface area contributed by atoms with Gasteiger partial charge in [-0.3, -0.25) is 0 Å². The minimum absolute atomic E-state index is 0.00494. The first-order valence-electron chi connectivity index (χ1n) is 5.68. The molecular formula is C11H13ClN4O2S. The summed E-state index contributed by atoms with van der Waals surface area (Å²) in [7, 11) is -3.61. The molecule has 102 valence electrons. The van der Waals surface area contributed by atoms with E-state index in [2.05, 4.69) is 19.7 Å². The molecule has 6 nitrogen and oxygen atoms in total. The highest BCUT2D eigenvalue weighted by Gasteiger charge is 2.17. The van der Waals surface area contributed by atoms with Crippen LogP contribution in [0.15, 0.2) is 35.6 Å². The summed E-state index contributed by atoms with van der Waals surface area (Å²) in [6.45, 7) is 0.314. The first-order valence-corrected chi connectivity index (χ1v) is 7.54. The van der Waals surface area contributed by atoms with Gasteiger partial charge in [0.2, 0.25) is 10.0 Å². The molecular weight excluding hydrogens is 288 g/mol. The molecule has 2 aromatic rings. The summed E-state index contributed by atoms with van der Waals surface area (Å²) in [6, 6.07) is 2.95. The van der Waals surface area contributed by atoms with Crippen molar-refractivity contribution in [3.8, 4) is 0 Å². The third-order valence-electron chi connectivity index (χ3n) is 2.45. The Kier molecular flexibility index (Phi) is 4.52. The van der Waals surface area contributed by atoms with Gasteiger partial charge < -0.3 is 4.98 Å². The van der Waals surface area contributed by atoms with Crippen LogP contribution in [-0.4, -0.2) is 29.9 Å². The van der Waals surface area contributed by atoms with Crippen molar-refractivity contribution < 1.29 is 8.42 Å². The van der Waals surface area contributed by atoms with Gasteiger partial charge in [-0.1, -0.05) is 11.6 Å². The molecule has 19 heavy (non-hydrogen) atoms. The monoisotopic (exact) mass is 300 g/mol. The van der Waals surface area contributed by atoms with Crippen molar-refractivity contribution >= 4 is 21.6 Å². The number of hydrogen-bond donors (Lipinski definition) is 2. The molecule has 0 atom stereocenters. The molecule has 0 aliphatic carbocycles. The summed E-state index contributed by atoms with van der Waals surface area (Å²) in [5.74, 6) is 0.832. The Morgan fingerprint density at radius 2 is 2.16 bits per heavy atom. The topological polar surface area (TPSA) is 87.7 Å². The number of hydrogen-bond acceptors (Lipinski definition) is 4. The first kappa shape index (κ1) is 14.0. The van der Waals surface area contributed by atoms with E-state index in [0.29, 0.717) is 19.4 Å². The zero-order chi connectivity index (χ0) is 13.7. The van der Waals surface area contributed by atoms with Crippen LogP contribution in [0.2, 0.25) is 5.15 Å². The second kappa shape index (κ2) is 6.14. The van der Waals surface area contributed by atoms with Crippen molar-refractivity contribution in [2.24, 2.45) is 0 Å². The quantitative estimate of drug-likeness (QED) is 0.623. The number of rotatable bonds is 6. The van der Waals surface area contributed by atoms with E-state index in [1.54, 1.807) is 12.4 Å². The average molecular weight is 301 g/mol. The number of sulfonamides is 1. The zero-order valence-electron chi connectivity index (χ0n) is 10.0. The minimum Gasteiger partial charge on any atom is -0.349 e. The molecule has 0 spiro atoms. The van der Waals surface area contributed by atoms with Crippen LogP contribution in [0.1, 0.15) is 12.2 Å². The van der Waals surface area contributed by atoms with Gasteiger partial charge in [0.1, 0.15) is 15.9 Å². The molecule has 2 N–H and O–H groups in total. The molecule has 0 radical (unpaired) electrons. The molecule has 0 saturated heterocycles. The van der Waals surface area contributed by atoms with Crippen molar-refractivity contribution in [1.29, 1.82) is 0 Å². The number of aromatic nitrogens is 3. The lowest BCUT2D eigenvalue weighted by Gasteiger charge is -2.06. The Bertz CT molecular complexity index is 628. The van der Waals surface area contributed by atoms with Gasteiger partial charge in [0, 0.05) is 31.6 Å². The Hall–Kier alpha value is -1.44. The summed E-state index contributed by atoms with van der Waals surface area (Å²) in [4.78, 5) is 10.8. The maximum atomic E-state index is 12.0. The van der Waals surface area contributed by atoms with E-state index in [-0.39, 0.29) is 10.0 Å². The third-order valence-corrected chi connectivity index (χ3v) is 4.36. The number of imidazole rings is 1. The lowest BCUT2D eigenvalue weighted by atomic mass is 10.3. The lowest BCUT2D eigenvalue weighted by molar-refractivity contribution is 0.578. The van der Waals surface area contributed by atoms with Crippen LogP contribution in [0.25, 0.3) is 0 Å². The van der Waals surface area contributed by atoms with E-state index in [0.717, 1.165) is 5.82 Å². The van der Waals surface area contributed by atoms with Gasteiger partial charge in [0.25, 0.3) is 0 Å². The molecule has 0 aliphatic rings. The second-order valence-corrected chi connectivity index (χ2v) is 5.92. The predicted molar refractivity (Wildman–Crippen MR) is 71.3 cm³/mol. The highest BCUT2D eigenvalue weighted by Crippen LogP contribution is 2.17. The Labute approximate surface area is 116 Å². The van der Waals surface area contributed by atoms with Gasteiger partial charge in [0.15, 0.2) is 0 Å². The van der Waals surface area contributed by atoms with Gasteiger partial charge in [0.05, 0.1) is 0 Å². The van der Waals surface area contributed by atoms with Gasteiger partial charge in [-0.05, 0) is 18.6 Å². The summed E-state index contributed by atoms with van der Waals surface area (Å²) >= 11 is 5.76. The maximum Gasteiger partial charge on any atom is 0.243 e. The molecule has 0 amide bonds. The molecule has 2 aromatic heterocycles. The SMILES string of the molecule is O=S(=O)(NCCCc1ncc[nH]1)c1cccnc1Cl. The van der Waals surface area contributed by atoms with E-state index >= 15 is 0 Å². The first-order chi connectivity index (χ1) is 9.09. The third kappa shape index (κ3) is 3.76. The largest absolute Gasteiger partial charge is 0.349 e. The Morgan fingerprint density at radius 3 is 2.84 bits per heavy atom. The van der Waals surface area contributed by atoms with E-state index in [1.807, 2.05) is 0 Å². The summed E-state index contributed by atoms with van der Waals surface area (Å²) in [6.07, 6.45) is 6.16. The number of aromatic amines is 1. The van der Waals surface area contributed by atoms with E-state index in [4.69, 9.17) is 11.6 Å². The minimum atomic E-state index is -3.61. The van der Waals surface area contributed by atoms with Crippen molar-refractivity contribution in [3.05, 3.63) is 41.7 Å². The van der Waals surface area contributed by atoms with Crippen LogP contribution in [0, 0.1) is 0 Å². The molecule has 0 fully saturated rings. The molecule has 0 saturated carbocycles. The number of nitrogens with one attached hydrogen (secondary N) is 2. The number of H-pyrrole nitrogens is 1. The normalized spacial score (nSPS) is 11.6. The molecule has 0 unspecified atom stereocenters. The van der Waals surface area contributed by atoms with Crippen LogP contribution >= 0.6 is 11.6 Å². The van der Waals surface area contributed by atoms with Crippen molar-refractivity contribution in [3.63, 3.8) is 0 Å². The van der Waals surface area contributed by atoms with Gasteiger partial charge >= 0.3 is 0 Å². The van der Waals surface area contributed by atoms with E-state index < -0.39 is 10.0 Å². The van der Waals surface area contributed by atoms with E-state index in [9.17, 15) is 8.42 Å². The molecule has 0 aromatic carbocycles. The fraction of sp³-hybridized carbons (Fsp3) is 0.273. The number of nitrogens with zero attached hydrogens (tertiary/aromatic N) is 2. The number of aryl methyl sites for hydroxylation is 1. The summed E-state index contributed by atoms with van der Waals surface area (Å²) < 4.78 is 26.4. The Morgan fingerprint density at radius 1 is 1.32 bits per heavy atom. The van der Waals surface area contributed by atoms with Crippen LogP contribution in [0.5, 0.6) is 0 Å². The Balaban J connectivity index is 1.90. The maximum absolute atomic E-state index is 12.0. The molecule has 2 heterocycles. The van der Waals surface area contributed by atoms with Crippen LogP contribution in [0.4, 0.5) is 0 Å². The molecule has 0 aliphatic heterocycles. The van der Waals surface area contributed by atoms with Gasteiger partial charge in [-0.25, -0.2) is 23.1 Å². The zero-order valence-corrected chi connectivity index (χ0v) is 11.6. The smallest absolute Gasteiger partial charge is 0.243 e. The van der Waals surface area contributed by atoms with E-state index in [1.165, 1.54) is 18.3 Å². The lowest BCUT2D eigenvalue weighted by Crippen LogP contribution is -2.25. The van der Waals surface area contributed by atoms with Crippen LogP contribution in [0.3, 0.4) is 0 Å². The number of halogens is 1. The van der Waals surface area contributed by atoms with Crippen molar-refractivity contribution in [2.45, 2.75) is 17.7 Å². The summed E-state index contributed by atoms with van der Waals surface area (Å²) in [5.41, 5.74) is 0. The fourth-order valence-electron chi connectivity index (χ4n) is 1.55. The van der Waals surface area contributed by atoms with Crippen molar-refractivity contribution in [2.75, 3.05) is 6.54 Å². The van der Waals surface area contributed by atoms with Crippen LogP contribution in [-0.2, 0) is 16.4 Å². The predicted octanol–water partition coefficient (Wildman–Crippen LogP) is 1.37. The highest BCUT2D eigenvalue weighted by molar-refractivity contribution is 7.89.